The number of hydrogen-bond donors (Lipinski definition) is 2. The van der Waals surface area contributed by atoms with Crippen LogP contribution in [0.5, 0.6) is 0 Å². The van der Waals surface area contributed by atoms with E-state index in [2.05, 4.69) is 41.8 Å². The molecule has 10 heteroatoms. The van der Waals surface area contributed by atoms with E-state index in [9.17, 15) is 0 Å². The van der Waals surface area contributed by atoms with Crippen LogP contribution in [0.15, 0.2) is 40.8 Å². The average Bonchev–Trinajstić information content (AvgIpc) is 3.28. The minimum absolute atomic E-state index is 0.0921. The monoisotopic (exact) mass is 381 g/mol. The Balaban J connectivity index is 1.42. The lowest BCUT2D eigenvalue weighted by Crippen LogP contribution is -2.48. The van der Waals surface area contributed by atoms with Crippen molar-refractivity contribution in [2.75, 3.05) is 18.0 Å². The fourth-order valence-corrected chi connectivity index (χ4v) is 4.00. The first-order valence-corrected chi connectivity index (χ1v) is 9.62. The molecule has 9 nitrogen and oxygen atoms in total. The van der Waals surface area contributed by atoms with E-state index in [1.54, 1.807) is 23.1 Å². The molecular weight excluding hydrogens is 362 g/mol. The van der Waals surface area contributed by atoms with Crippen molar-refractivity contribution < 1.29 is 0 Å². The van der Waals surface area contributed by atoms with Crippen LogP contribution in [-0.4, -0.2) is 53.2 Å². The molecule has 4 aromatic heterocycles. The Kier molecular flexibility index (Phi) is 3.76. The highest BCUT2D eigenvalue weighted by atomic mass is 32.2. The number of aromatic nitrogens is 7. The van der Waals surface area contributed by atoms with Gasteiger partial charge in [-0.2, -0.15) is 10.1 Å². The summed E-state index contributed by atoms with van der Waals surface area (Å²) < 4.78 is 1.78. The average molecular weight is 381 g/mol. The summed E-state index contributed by atoms with van der Waals surface area (Å²) in [5.41, 5.74) is 8.23. The molecule has 0 aromatic carbocycles. The van der Waals surface area contributed by atoms with E-state index >= 15 is 0 Å². The first-order chi connectivity index (χ1) is 13.1. The summed E-state index contributed by atoms with van der Waals surface area (Å²) in [6.07, 6.45) is 7.12. The van der Waals surface area contributed by atoms with Gasteiger partial charge in [0.1, 0.15) is 10.1 Å². The lowest BCUT2D eigenvalue weighted by atomic mass is 9.91. The van der Waals surface area contributed by atoms with Gasteiger partial charge >= 0.3 is 0 Å². The first-order valence-electron chi connectivity index (χ1n) is 8.81. The minimum Gasteiger partial charge on any atom is -0.342 e. The molecular formula is C17H19N9S. The summed E-state index contributed by atoms with van der Waals surface area (Å²) in [4.78, 5) is 23.5. The maximum Gasteiger partial charge on any atom is 0.206 e. The molecule has 1 saturated heterocycles. The van der Waals surface area contributed by atoms with Gasteiger partial charge in [0.25, 0.3) is 0 Å². The summed E-state index contributed by atoms with van der Waals surface area (Å²) in [7, 11) is 0. The van der Waals surface area contributed by atoms with E-state index in [1.165, 1.54) is 11.8 Å². The van der Waals surface area contributed by atoms with Gasteiger partial charge in [-0.05, 0) is 37.6 Å². The number of piperidine rings is 1. The third kappa shape index (κ3) is 3.10. The second kappa shape index (κ2) is 6.17. The molecule has 0 bridgehead atoms. The molecule has 4 aromatic rings. The summed E-state index contributed by atoms with van der Waals surface area (Å²) in [5.74, 6) is 0.807. The number of nitrogens with two attached hydrogens (primary N) is 1. The van der Waals surface area contributed by atoms with Crippen molar-refractivity contribution in [2.45, 2.75) is 35.4 Å². The van der Waals surface area contributed by atoms with Gasteiger partial charge in [-0.25, -0.2) is 19.5 Å². The third-order valence-corrected chi connectivity index (χ3v) is 5.77. The SMILES string of the molecule is CC1(N)CCN(c2nc3nc(Sc4ccnc5ccnn45)cnc3[nH]2)CC1. The Hall–Kier alpha value is -2.72. The van der Waals surface area contributed by atoms with Gasteiger partial charge < -0.3 is 15.6 Å². The number of anilines is 1. The van der Waals surface area contributed by atoms with Gasteiger partial charge in [-0.3, -0.25) is 0 Å². The zero-order valence-electron chi connectivity index (χ0n) is 14.8. The molecule has 0 unspecified atom stereocenters. The highest BCUT2D eigenvalue weighted by molar-refractivity contribution is 7.99. The topological polar surface area (TPSA) is 114 Å². The maximum absolute atomic E-state index is 6.22. The van der Waals surface area contributed by atoms with Crippen LogP contribution in [-0.2, 0) is 0 Å². The number of nitrogens with zero attached hydrogens (tertiary/aromatic N) is 7. The fraction of sp³-hybridized carbons (Fsp3) is 0.353. The summed E-state index contributed by atoms with van der Waals surface area (Å²) >= 11 is 1.48. The predicted molar refractivity (Wildman–Crippen MR) is 103 cm³/mol. The normalized spacial score (nSPS) is 17.0. The molecule has 3 N–H and O–H groups in total. The van der Waals surface area contributed by atoms with Crippen LogP contribution in [0.4, 0.5) is 5.95 Å². The van der Waals surface area contributed by atoms with Crippen LogP contribution < -0.4 is 10.6 Å². The van der Waals surface area contributed by atoms with E-state index < -0.39 is 0 Å². The predicted octanol–water partition coefficient (Wildman–Crippen LogP) is 1.86. The van der Waals surface area contributed by atoms with E-state index in [0.29, 0.717) is 11.3 Å². The molecule has 5 heterocycles. The highest BCUT2D eigenvalue weighted by Crippen LogP contribution is 2.27. The zero-order valence-corrected chi connectivity index (χ0v) is 15.6. The van der Waals surface area contributed by atoms with Gasteiger partial charge in [-0.15, -0.1) is 0 Å². The van der Waals surface area contributed by atoms with Gasteiger partial charge in [0, 0.05) is 30.9 Å². The molecule has 0 saturated carbocycles. The molecule has 0 spiro atoms. The van der Waals surface area contributed by atoms with Gasteiger partial charge in [-0.1, -0.05) is 0 Å². The van der Waals surface area contributed by atoms with Crippen molar-refractivity contribution in [3.63, 3.8) is 0 Å². The van der Waals surface area contributed by atoms with Crippen LogP contribution in [0.1, 0.15) is 19.8 Å². The molecule has 0 atom stereocenters. The van der Waals surface area contributed by atoms with E-state index in [4.69, 9.17) is 5.73 Å². The molecule has 0 amide bonds. The molecule has 27 heavy (non-hydrogen) atoms. The molecule has 1 fully saturated rings. The van der Waals surface area contributed by atoms with Crippen LogP contribution in [0.3, 0.4) is 0 Å². The highest BCUT2D eigenvalue weighted by Gasteiger charge is 2.27. The maximum atomic E-state index is 6.22. The largest absolute Gasteiger partial charge is 0.342 e. The number of hydrogen-bond acceptors (Lipinski definition) is 8. The lowest BCUT2D eigenvalue weighted by molar-refractivity contribution is 0.362. The molecule has 1 aliphatic heterocycles. The fourth-order valence-electron chi connectivity index (χ4n) is 3.19. The zero-order chi connectivity index (χ0) is 18.4. The second-order valence-corrected chi connectivity index (χ2v) is 8.11. The standard InChI is InChI=1S/C17H19N9S/c1-17(18)4-8-25(9-5-17)16-23-14-15(24-16)22-12(10-20-14)27-13-3-6-19-11-2-7-21-26(11)13/h2-3,6-7,10H,4-5,8-9,18H2,1H3,(H,20,22,23,24). The van der Waals surface area contributed by atoms with Crippen molar-refractivity contribution >= 4 is 34.7 Å². The summed E-state index contributed by atoms with van der Waals surface area (Å²) in [5, 5.41) is 5.99. The number of rotatable bonds is 3. The molecule has 138 valence electrons. The van der Waals surface area contributed by atoms with Crippen molar-refractivity contribution in [1.29, 1.82) is 0 Å². The Morgan fingerprint density at radius 2 is 2.00 bits per heavy atom. The van der Waals surface area contributed by atoms with Crippen LogP contribution in [0.25, 0.3) is 16.9 Å². The third-order valence-electron chi connectivity index (χ3n) is 4.84. The van der Waals surface area contributed by atoms with Gasteiger partial charge in [0.05, 0.1) is 12.4 Å². The smallest absolute Gasteiger partial charge is 0.206 e. The lowest BCUT2D eigenvalue weighted by Gasteiger charge is -2.36. The molecule has 0 radical (unpaired) electrons. The second-order valence-electron chi connectivity index (χ2n) is 7.07. The summed E-state index contributed by atoms with van der Waals surface area (Å²) in [6.45, 7) is 3.86. The van der Waals surface area contributed by atoms with Gasteiger partial charge in [0.15, 0.2) is 16.9 Å². The van der Waals surface area contributed by atoms with E-state index in [-0.39, 0.29) is 5.54 Å². The molecule has 1 aliphatic rings. The number of fused-ring (bicyclic) bond motifs is 2. The van der Waals surface area contributed by atoms with E-state index in [0.717, 1.165) is 47.6 Å². The molecule has 0 aliphatic carbocycles. The van der Waals surface area contributed by atoms with Crippen LogP contribution in [0.2, 0.25) is 0 Å². The van der Waals surface area contributed by atoms with Crippen molar-refractivity contribution in [3.8, 4) is 0 Å². The van der Waals surface area contributed by atoms with Gasteiger partial charge in [0.2, 0.25) is 5.95 Å². The Morgan fingerprint density at radius 3 is 2.85 bits per heavy atom. The van der Waals surface area contributed by atoms with Crippen LogP contribution in [0, 0.1) is 0 Å². The Bertz CT molecular complexity index is 1110. The van der Waals surface area contributed by atoms with Crippen molar-refractivity contribution in [2.24, 2.45) is 5.73 Å². The van der Waals surface area contributed by atoms with Crippen LogP contribution >= 0.6 is 11.8 Å². The first kappa shape index (κ1) is 16.5. The van der Waals surface area contributed by atoms with Crippen molar-refractivity contribution in [1.82, 2.24) is 34.5 Å². The number of nitrogens with one attached hydrogen (secondary N) is 1. The number of H-pyrrole nitrogens is 1. The Morgan fingerprint density at radius 1 is 1.15 bits per heavy atom. The quantitative estimate of drug-likeness (QED) is 0.517. The van der Waals surface area contributed by atoms with Crippen molar-refractivity contribution in [3.05, 3.63) is 30.7 Å². The summed E-state index contributed by atoms with van der Waals surface area (Å²) in [6, 6.07) is 3.77. The minimum atomic E-state index is -0.0921. The number of imidazole rings is 1. The molecule has 5 rings (SSSR count). The Labute approximate surface area is 159 Å². The number of aromatic amines is 1. The van der Waals surface area contributed by atoms with E-state index in [1.807, 2.05) is 12.1 Å².